The minimum Gasteiger partial charge on any atom is -0.319 e. The number of hydrogen-bond donors (Lipinski definition) is 1. The number of hydrogen-bond acceptors (Lipinski definition) is 3. The van der Waals surface area contributed by atoms with E-state index in [0.29, 0.717) is 6.04 Å². The molecule has 1 heterocycles. The highest BCUT2D eigenvalue weighted by Gasteiger charge is 2.23. The van der Waals surface area contributed by atoms with Gasteiger partial charge in [-0.2, -0.15) is 0 Å². The van der Waals surface area contributed by atoms with Crippen LogP contribution in [0, 0.1) is 0 Å². The number of aromatic nitrogens is 3. The lowest BCUT2D eigenvalue weighted by Crippen LogP contribution is -2.33. The molecule has 0 saturated heterocycles. The van der Waals surface area contributed by atoms with Crippen molar-refractivity contribution in [2.75, 3.05) is 0 Å². The summed E-state index contributed by atoms with van der Waals surface area (Å²) in [4.78, 5) is 0. The Morgan fingerprint density at radius 1 is 1.28 bits per heavy atom. The minimum atomic E-state index is 0.233. The van der Waals surface area contributed by atoms with Gasteiger partial charge in [0.05, 0.1) is 6.04 Å². The standard InChI is InChI=1S/C14H18N4/c1-10(14-17-15-9-18(14)2)16-13-7-11-5-3-4-6-12(11)8-13/h3-6,9-10,13,16H,7-8H2,1-2H3. The van der Waals surface area contributed by atoms with Crippen molar-refractivity contribution in [1.82, 2.24) is 20.1 Å². The molecule has 1 aliphatic rings. The van der Waals surface area contributed by atoms with Crippen molar-refractivity contribution in [3.63, 3.8) is 0 Å². The molecule has 1 N–H and O–H groups in total. The van der Waals surface area contributed by atoms with E-state index in [2.05, 4.69) is 46.7 Å². The summed E-state index contributed by atoms with van der Waals surface area (Å²) in [7, 11) is 1.98. The molecule has 0 amide bonds. The lowest BCUT2D eigenvalue weighted by atomic mass is 10.1. The van der Waals surface area contributed by atoms with Gasteiger partial charge in [0.15, 0.2) is 0 Å². The first kappa shape index (κ1) is 11.4. The van der Waals surface area contributed by atoms with Crippen LogP contribution in [0.25, 0.3) is 0 Å². The lowest BCUT2D eigenvalue weighted by molar-refractivity contribution is 0.444. The topological polar surface area (TPSA) is 42.7 Å². The highest BCUT2D eigenvalue weighted by Crippen LogP contribution is 2.23. The monoisotopic (exact) mass is 242 g/mol. The zero-order chi connectivity index (χ0) is 12.5. The Morgan fingerprint density at radius 2 is 1.94 bits per heavy atom. The van der Waals surface area contributed by atoms with Crippen molar-refractivity contribution in [1.29, 1.82) is 0 Å². The van der Waals surface area contributed by atoms with Gasteiger partial charge in [0, 0.05) is 13.1 Å². The molecule has 4 heteroatoms. The maximum atomic E-state index is 4.16. The summed E-state index contributed by atoms with van der Waals surface area (Å²) in [5.41, 5.74) is 2.94. The largest absolute Gasteiger partial charge is 0.319 e. The van der Waals surface area contributed by atoms with Crippen LogP contribution in [-0.2, 0) is 19.9 Å². The van der Waals surface area contributed by atoms with Crippen LogP contribution >= 0.6 is 0 Å². The molecule has 0 aliphatic heterocycles. The summed E-state index contributed by atoms with van der Waals surface area (Å²) < 4.78 is 1.97. The smallest absolute Gasteiger partial charge is 0.149 e. The highest BCUT2D eigenvalue weighted by molar-refractivity contribution is 5.33. The first-order chi connectivity index (χ1) is 8.74. The van der Waals surface area contributed by atoms with E-state index in [0.717, 1.165) is 18.7 Å². The highest BCUT2D eigenvalue weighted by atomic mass is 15.3. The van der Waals surface area contributed by atoms with Crippen LogP contribution in [0.4, 0.5) is 0 Å². The molecule has 1 atom stereocenters. The van der Waals surface area contributed by atoms with Crippen molar-refractivity contribution in [2.45, 2.75) is 31.8 Å². The second-order valence-corrected chi connectivity index (χ2v) is 5.06. The fourth-order valence-electron chi connectivity index (χ4n) is 2.79. The molecule has 18 heavy (non-hydrogen) atoms. The van der Waals surface area contributed by atoms with Crippen LogP contribution in [0.5, 0.6) is 0 Å². The first-order valence-corrected chi connectivity index (χ1v) is 6.41. The number of fused-ring (bicyclic) bond motifs is 1. The van der Waals surface area contributed by atoms with Gasteiger partial charge in [-0.3, -0.25) is 0 Å². The number of rotatable bonds is 3. The van der Waals surface area contributed by atoms with Crippen molar-refractivity contribution in [3.05, 3.63) is 47.5 Å². The van der Waals surface area contributed by atoms with Crippen LogP contribution in [0.3, 0.4) is 0 Å². The van der Waals surface area contributed by atoms with E-state index < -0.39 is 0 Å². The average Bonchev–Trinajstić information content (AvgIpc) is 2.94. The van der Waals surface area contributed by atoms with Crippen LogP contribution in [0.2, 0.25) is 0 Å². The third-order valence-electron chi connectivity index (χ3n) is 3.67. The number of aryl methyl sites for hydroxylation is 1. The van der Waals surface area contributed by atoms with Gasteiger partial charge in [-0.05, 0) is 30.9 Å². The summed E-state index contributed by atoms with van der Waals surface area (Å²) >= 11 is 0. The zero-order valence-corrected chi connectivity index (χ0v) is 10.8. The Labute approximate surface area is 107 Å². The SMILES string of the molecule is CC(NC1Cc2ccccc2C1)c1nncn1C. The molecular weight excluding hydrogens is 224 g/mol. The van der Waals surface area contributed by atoms with Crippen molar-refractivity contribution >= 4 is 0 Å². The summed E-state index contributed by atoms with van der Waals surface area (Å²) in [6.07, 6.45) is 3.97. The van der Waals surface area contributed by atoms with E-state index >= 15 is 0 Å². The summed E-state index contributed by atoms with van der Waals surface area (Å²) in [6.45, 7) is 2.15. The molecule has 4 nitrogen and oxygen atoms in total. The Hall–Kier alpha value is -1.68. The summed E-state index contributed by atoms with van der Waals surface area (Å²) in [5.74, 6) is 0.992. The average molecular weight is 242 g/mol. The number of benzene rings is 1. The number of nitrogens with one attached hydrogen (secondary N) is 1. The van der Waals surface area contributed by atoms with Gasteiger partial charge < -0.3 is 9.88 Å². The lowest BCUT2D eigenvalue weighted by Gasteiger charge is -2.18. The van der Waals surface area contributed by atoms with E-state index in [1.165, 1.54) is 11.1 Å². The third kappa shape index (κ3) is 2.04. The fraction of sp³-hybridized carbons (Fsp3) is 0.429. The van der Waals surface area contributed by atoms with Crippen LogP contribution in [0.15, 0.2) is 30.6 Å². The van der Waals surface area contributed by atoms with E-state index in [9.17, 15) is 0 Å². The second-order valence-electron chi connectivity index (χ2n) is 5.06. The first-order valence-electron chi connectivity index (χ1n) is 6.41. The van der Waals surface area contributed by atoms with Gasteiger partial charge in [-0.15, -0.1) is 10.2 Å². The zero-order valence-electron chi connectivity index (χ0n) is 10.8. The van der Waals surface area contributed by atoms with Gasteiger partial charge in [-0.25, -0.2) is 0 Å². The minimum absolute atomic E-state index is 0.233. The Morgan fingerprint density at radius 3 is 2.50 bits per heavy atom. The molecule has 1 aromatic carbocycles. The van der Waals surface area contributed by atoms with Gasteiger partial charge in [0.2, 0.25) is 0 Å². The van der Waals surface area contributed by atoms with Crippen molar-refractivity contribution in [3.8, 4) is 0 Å². The summed E-state index contributed by atoms with van der Waals surface area (Å²) in [6, 6.07) is 9.43. The molecule has 94 valence electrons. The second kappa shape index (κ2) is 4.53. The fourth-order valence-corrected chi connectivity index (χ4v) is 2.79. The van der Waals surface area contributed by atoms with Gasteiger partial charge >= 0.3 is 0 Å². The van der Waals surface area contributed by atoms with Crippen LogP contribution < -0.4 is 5.32 Å². The van der Waals surface area contributed by atoms with E-state index in [4.69, 9.17) is 0 Å². The molecule has 2 aromatic rings. The Balaban J connectivity index is 1.68. The molecule has 0 fully saturated rings. The van der Waals surface area contributed by atoms with Crippen LogP contribution in [0.1, 0.15) is 29.9 Å². The molecule has 1 aliphatic carbocycles. The van der Waals surface area contributed by atoms with E-state index in [1.54, 1.807) is 6.33 Å². The molecule has 0 saturated carbocycles. The van der Waals surface area contributed by atoms with Crippen LogP contribution in [-0.4, -0.2) is 20.8 Å². The maximum Gasteiger partial charge on any atom is 0.149 e. The predicted octanol–water partition coefficient (Wildman–Crippen LogP) is 1.63. The van der Waals surface area contributed by atoms with Gasteiger partial charge in [0.25, 0.3) is 0 Å². The number of nitrogens with zero attached hydrogens (tertiary/aromatic N) is 3. The maximum absolute atomic E-state index is 4.16. The third-order valence-corrected chi connectivity index (χ3v) is 3.67. The van der Waals surface area contributed by atoms with Gasteiger partial charge in [0.1, 0.15) is 12.2 Å². The summed E-state index contributed by atoms with van der Waals surface area (Å²) in [5, 5.41) is 11.7. The van der Waals surface area contributed by atoms with Gasteiger partial charge in [-0.1, -0.05) is 24.3 Å². The quantitative estimate of drug-likeness (QED) is 0.889. The van der Waals surface area contributed by atoms with Crippen molar-refractivity contribution in [2.24, 2.45) is 7.05 Å². The molecule has 0 spiro atoms. The molecule has 0 bridgehead atoms. The Kier molecular flexibility index (Phi) is 2.88. The van der Waals surface area contributed by atoms with E-state index in [-0.39, 0.29) is 6.04 Å². The van der Waals surface area contributed by atoms with E-state index in [1.807, 2.05) is 11.6 Å². The molecular formula is C14H18N4. The Bertz CT molecular complexity index is 521. The van der Waals surface area contributed by atoms with Crippen molar-refractivity contribution < 1.29 is 0 Å². The molecule has 0 radical (unpaired) electrons. The predicted molar refractivity (Wildman–Crippen MR) is 70.2 cm³/mol. The molecule has 3 rings (SSSR count). The normalized spacial score (nSPS) is 16.8. The molecule has 1 unspecified atom stereocenters. The molecule has 1 aromatic heterocycles.